The molecule has 1 N–H and O–H groups in total. The number of carbonyl (C=O) groups is 2. The number of anilines is 3. The summed E-state index contributed by atoms with van der Waals surface area (Å²) in [6.07, 6.45) is 3.82. The van der Waals surface area contributed by atoms with Crippen LogP contribution in [0.4, 0.5) is 21.5 Å². The summed E-state index contributed by atoms with van der Waals surface area (Å²) < 4.78 is 13.1. The maximum absolute atomic E-state index is 13.1. The highest BCUT2D eigenvalue weighted by Gasteiger charge is 2.39. The van der Waals surface area contributed by atoms with Crippen LogP contribution in [0.15, 0.2) is 48.5 Å². The van der Waals surface area contributed by atoms with E-state index in [1.165, 1.54) is 49.2 Å². The molecule has 140 valence electrons. The molecule has 0 saturated carbocycles. The Hall–Kier alpha value is -2.89. The van der Waals surface area contributed by atoms with Crippen molar-refractivity contribution in [3.05, 3.63) is 54.3 Å². The molecule has 2 amide bonds. The molecule has 2 aromatic carbocycles. The number of amides is 2. The van der Waals surface area contributed by atoms with E-state index in [0.29, 0.717) is 5.69 Å². The van der Waals surface area contributed by atoms with E-state index in [9.17, 15) is 14.0 Å². The fourth-order valence-electron chi connectivity index (χ4n) is 3.73. The molecule has 0 radical (unpaired) electrons. The number of imide groups is 1. The van der Waals surface area contributed by atoms with Crippen molar-refractivity contribution in [2.45, 2.75) is 31.7 Å². The molecule has 2 aliphatic heterocycles. The van der Waals surface area contributed by atoms with Gasteiger partial charge in [-0.05, 0) is 67.8 Å². The largest absolute Gasteiger partial charge is 0.373 e. The summed E-state index contributed by atoms with van der Waals surface area (Å²) in [5.74, 6) is -0.998. The first-order valence-electron chi connectivity index (χ1n) is 9.36. The van der Waals surface area contributed by atoms with E-state index in [1.54, 1.807) is 0 Å². The van der Waals surface area contributed by atoms with Crippen molar-refractivity contribution in [2.24, 2.45) is 0 Å². The third-order valence-corrected chi connectivity index (χ3v) is 5.16. The van der Waals surface area contributed by atoms with Crippen LogP contribution in [0.25, 0.3) is 0 Å². The van der Waals surface area contributed by atoms with Gasteiger partial charge in [0.25, 0.3) is 5.91 Å². The van der Waals surface area contributed by atoms with Crippen LogP contribution in [0.1, 0.15) is 25.7 Å². The van der Waals surface area contributed by atoms with Gasteiger partial charge >= 0.3 is 0 Å². The zero-order valence-electron chi connectivity index (χ0n) is 15.0. The smallest absolute Gasteiger partial charge is 0.256 e. The first kappa shape index (κ1) is 17.5. The van der Waals surface area contributed by atoms with Crippen molar-refractivity contribution >= 4 is 28.9 Å². The van der Waals surface area contributed by atoms with Crippen LogP contribution in [0.2, 0.25) is 0 Å². The molecule has 27 heavy (non-hydrogen) atoms. The summed E-state index contributed by atoms with van der Waals surface area (Å²) in [5, 5.41) is 3.16. The van der Waals surface area contributed by atoms with Crippen LogP contribution in [-0.4, -0.2) is 30.9 Å². The van der Waals surface area contributed by atoms with Crippen molar-refractivity contribution in [1.82, 2.24) is 0 Å². The standard InChI is InChI=1S/C21H22FN3O2/c22-15-4-8-18(9-5-15)25-20(26)14-19(21(25)27)23-16-6-10-17(11-7-16)24-12-2-1-3-13-24/h4-11,19,23H,1-3,12-14H2. The van der Waals surface area contributed by atoms with Gasteiger partial charge in [-0.3, -0.25) is 9.59 Å². The number of carbonyl (C=O) groups excluding carboxylic acids is 2. The van der Waals surface area contributed by atoms with Crippen molar-refractivity contribution < 1.29 is 14.0 Å². The van der Waals surface area contributed by atoms with E-state index in [-0.39, 0.29) is 18.2 Å². The van der Waals surface area contributed by atoms with E-state index < -0.39 is 11.9 Å². The lowest BCUT2D eigenvalue weighted by Crippen LogP contribution is -2.34. The van der Waals surface area contributed by atoms with Crippen LogP contribution in [-0.2, 0) is 9.59 Å². The molecule has 1 atom stereocenters. The van der Waals surface area contributed by atoms with Gasteiger partial charge in [-0.15, -0.1) is 0 Å². The number of nitrogens with one attached hydrogen (secondary N) is 1. The second-order valence-corrected chi connectivity index (χ2v) is 7.04. The molecule has 0 bridgehead atoms. The maximum atomic E-state index is 13.1. The molecule has 5 nitrogen and oxygen atoms in total. The van der Waals surface area contributed by atoms with Gasteiger partial charge in [0.15, 0.2) is 0 Å². The molecular formula is C21H22FN3O2. The van der Waals surface area contributed by atoms with Crippen molar-refractivity contribution in [1.29, 1.82) is 0 Å². The zero-order valence-corrected chi connectivity index (χ0v) is 15.0. The third-order valence-electron chi connectivity index (χ3n) is 5.16. The summed E-state index contributed by atoms with van der Waals surface area (Å²) in [5.41, 5.74) is 2.39. The van der Waals surface area contributed by atoms with Gasteiger partial charge < -0.3 is 10.2 Å². The fraction of sp³-hybridized carbons (Fsp3) is 0.333. The number of rotatable bonds is 4. The Morgan fingerprint density at radius 3 is 2.15 bits per heavy atom. The molecule has 2 fully saturated rings. The third kappa shape index (κ3) is 3.65. The Labute approximate surface area is 157 Å². The minimum Gasteiger partial charge on any atom is -0.373 e. The normalized spacial score (nSPS) is 20.3. The Balaban J connectivity index is 1.44. The van der Waals surface area contributed by atoms with E-state index in [4.69, 9.17) is 0 Å². The minimum absolute atomic E-state index is 0.0874. The first-order chi connectivity index (χ1) is 13.1. The molecule has 0 spiro atoms. The second-order valence-electron chi connectivity index (χ2n) is 7.04. The van der Waals surface area contributed by atoms with E-state index in [2.05, 4.69) is 10.2 Å². The molecule has 2 heterocycles. The maximum Gasteiger partial charge on any atom is 0.256 e. The predicted molar refractivity (Wildman–Crippen MR) is 103 cm³/mol. The molecule has 4 rings (SSSR count). The van der Waals surface area contributed by atoms with E-state index in [1.807, 2.05) is 24.3 Å². The number of hydrogen-bond acceptors (Lipinski definition) is 4. The van der Waals surface area contributed by atoms with Crippen molar-refractivity contribution in [2.75, 3.05) is 28.2 Å². The van der Waals surface area contributed by atoms with Crippen molar-refractivity contribution in [3.8, 4) is 0 Å². The predicted octanol–water partition coefficient (Wildman–Crippen LogP) is 3.56. The Morgan fingerprint density at radius 2 is 1.48 bits per heavy atom. The van der Waals surface area contributed by atoms with E-state index >= 15 is 0 Å². The number of piperidine rings is 1. The SMILES string of the molecule is O=C1CC(Nc2ccc(N3CCCCC3)cc2)C(=O)N1c1ccc(F)cc1. The second kappa shape index (κ2) is 7.39. The van der Waals surface area contributed by atoms with Gasteiger partial charge in [0.05, 0.1) is 12.1 Å². The number of halogens is 1. The molecule has 1 unspecified atom stereocenters. The number of nitrogens with zero attached hydrogens (tertiary/aromatic N) is 2. The van der Waals surface area contributed by atoms with Gasteiger partial charge in [0, 0.05) is 24.5 Å². The Morgan fingerprint density at radius 1 is 0.852 bits per heavy atom. The molecule has 0 aromatic heterocycles. The molecule has 2 aromatic rings. The van der Waals surface area contributed by atoms with Crippen LogP contribution in [0, 0.1) is 5.82 Å². The van der Waals surface area contributed by atoms with Gasteiger partial charge in [0.1, 0.15) is 11.9 Å². The van der Waals surface area contributed by atoms with E-state index in [0.717, 1.165) is 23.7 Å². The summed E-state index contributed by atoms with van der Waals surface area (Å²) in [7, 11) is 0. The number of benzene rings is 2. The van der Waals surface area contributed by atoms with Crippen LogP contribution < -0.4 is 15.1 Å². The lowest BCUT2D eigenvalue weighted by molar-refractivity contribution is -0.121. The molecule has 2 saturated heterocycles. The summed E-state index contributed by atoms with van der Waals surface area (Å²) in [6.45, 7) is 2.16. The fourth-order valence-corrected chi connectivity index (χ4v) is 3.73. The highest BCUT2D eigenvalue weighted by Crippen LogP contribution is 2.26. The van der Waals surface area contributed by atoms with Crippen LogP contribution in [0.5, 0.6) is 0 Å². The van der Waals surface area contributed by atoms with Crippen LogP contribution in [0.3, 0.4) is 0 Å². The summed E-state index contributed by atoms with van der Waals surface area (Å²) in [4.78, 5) is 28.4. The summed E-state index contributed by atoms with van der Waals surface area (Å²) in [6, 6.07) is 12.8. The lowest BCUT2D eigenvalue weighted by atomic mass is 10.1. The van der Waals surface area contributed by atoms with Gasteiger partial charge in [-0.2, -0.15) is 0 Å². The topological polar surface area (TPSA) is 52.7 Å². The molecule has 0 aliphatic carbocycles. The number of hydrogen-bond donors (Lipinski definition) is 1. The van der Waals surface area contributed by atoms with Crippen molar-refractivity contribution in [3.63, 3.8) is 0 Å². The van der Waals surface area contributed by atoms with Gasteiger partial charge in [0.2, 0.25) is 5.91 Å². The van der Waals surface area contributed by atoms with Gasteiger partial charge in [-0.1, -0.05) is 0 Å². The summed E-state index contributed by atoms with van der Waals surface area (Å²) >= 11 is 0. The quantitative estimate of drug-likeness (QED) is 0.840. The molecular weight excluding hydrogens is 345 g/mol. The van der Waals surface area contributed by atoms with Crippen LogP contribution >= 0.6 is 0 Å². The monoisotopic (exact) mass is 367 g/mol. The Kier molecular flexibility index (Phi) is 4.79. The average molecular weight is 367 g/mol. The minimum atomic E-state index is -0.608. The zero-order chi connectivity index (χ0) is 18.8. The molecule has 6 heteroatoms. The highest BCUT2D eigenvalue weighted by molar-refractivity contribution is 6.23. The Bertz CT molecular complexity index is 830. The van der Waals surface area contributed by atoms with Gasteiger partial charge in [-0.25, -0.2) is 9.29 Å². The highest BCUT2D eigenvalue weighted by atomic mass is 19.1. The lowest BCUT2D eigenvalue weighted by Gasteiger charge is -2.29. The first-order valence-corrected chi connectivity index (χ1v) is 9.36. The molecule has 2 aliphatic rings. The average Bonchev–Trinajstić information content (AvgIpc) is 2.97.